The predicted octanol–water partition coefficient (Wildman–Crippen LogP) is 5.02. The third-order valence-corrected chi connectivity index (χ3v) is 6.47. The molecule has 128 valence electrons. The topological polar surface area (TPSA) is 45.8 Å². The highest BCUT2D eigenvalue weighted by Gasteiger charge is 2.36. The summed E-state index contributed by atoms with van der Waals surface area (Å²) >= 11 is 0. The molecule has 0 spiro atoms. The summed E-state index contributed by atoms with van der Waals surface area (Å²) < 4.78 is 0. The minimum atomic E-state index is 0.118. The van der Waals surface area contributed by atoms with E-state index in [9.17, 15) is 4.79 Å². The van der Waals surface area contributed by atoms with Crippen molar-refractivity contribution in [2.24, 2.45) is 17.8 Å². The molecule has 0 amide bonds. The second-order valence-corrected chi connectivity index (χ2v) is 8.10. The van der Waals surface area contributed by atoms with Crippen LogP contribution in [-0.4, -0.2) is 9.97 Å². The summed E-state index contributed by atoms with van der Waals surface area (Å²) in [6.07, 6.45) is 14.2. The summed E-state index contributed by atoms with van der Waals surface area (Å²) in [5.41, 5.74) is 2.22. The van der Waals surface area contributed by atoms with E-state index in [0.717, 1.165) is 23.3 Å². The quantitative estimate of drug-likeness (QED) is 0.842. The van der Waals surface area contributed by atoms with Gasteiger partial charge in [0, 0.05) is 30.1 Å². The Balaban J connectivity index is 1.70. The van der Waals surface area contributed by atoms with E-state index in [1.807, 2.05) is 12.1 Å². The normalized spacial score (nSPS) is 29.0. The lowest BCUT2D eigenvalue weighted by Crippen LogP contribution is -2.31. The fourth-order valence-corrected chi connectivity index (χ4v) is 5.20. The van der Waals surface area contributed by atoms with E-state index in [0.29, 0.717) is 11.3 Å². The van der Waals surface area contributed by atoms with Crippen LogP contribution >= 0.6 is 0 Å². The number of nitrogens with one attached hydrogen (secondary N) is 1. The molecule has 3 atom stereocenters. The van der Waals surface area contributed by atoms with Gasteiger partial charge in [0.05, 0.1) is 10.9 Å². The lowest BCUT2D eigenvalue weighted by molar-refractivity contribution is 0.139. The molecule has 4 rings (SSSR count). The molecule has 0 bridgehead atoms. The molecule has 3 nitrogen and oxygen atoms in total. The van der Waals surface area contributed by atoms with Gasteiger partial charge in [0.2, 0.25) is 0 Å². The van der Waals surface area contributed by atoms with Crippen molar-refractivity contribution in [2.75, 3.05) is 0 Å². The third kappa shape index (κ3) is 3.01. The molecule has 2 saturated carbocycles. The van der Waals surface area contributed by atoms with Crippen LogP contribution in [0.1, 0.15) is 69.9 Å². The van der Waals surface area contributed by atoms with Crippen LogP contribution in [0.15, 0.2) is 29.3 Å². The number of rotatable bonds is 2. The van der Waals surface area contributed by atoms with Crippen molar-refractivity contribution in [2.45, 2.75) is 64.2 Å². The molecular formula is C21H28N2O. The Morgan fingerprint density at radius 1 is 1.12 bits per heavy atom. The Hall–Kier alpha value is -1.64. The molecule has 0 aliphatic heterocycles. The maximum Gasteiger partial charge on any atom is 0.191 e. The average molecular weight is 324 g/mol. The van der Waals surface area contributed by atoms with Crippen LogP contribution in [0.25, 0.3) is 10.9 Å². The second-order valence-electron chi connectivity index (χ2n) is 8.10. The lowest BCUT2D eigenvalue weighted by atomic mass is 9.64. The van der Waals surface area contributed by atoms with E-state index < -0.39 is 0 Å². The van der Waals surface area contributed by atoms with Gasteiger partial charge in [-0.25, -0.2) is 0 Å². The number of fused-ring (bicyclic) bond motifs is 1. The highest BCUT2D eigenvalue weighted by atomic mass is 16.1. The van der Waals surface area contributed by atoms with Crippen LogP contribution in [0.2, 0.25) is 0 Å². The summed E-state index contributed by atoms with van der Waals surface area (Å²) in [5, 5.41) is 0.708. The van der Waals surface area contributed by atoms with E-state index in [1.54, 1.807) is 12.4 Å². The van der Waals surface area contributed by atoms with Gasteiger partial charge >= 0.3 is 0 Å². The van der Waals surface area contributed by atoms with Crippen molar-refractivity contribution < 1.29 is 0 Å². The predicted molar refractivity (Wildman–Crippen MR) is 98.2 cm³/mol. The van der Waals surface area contributed by atoms with Gasteiger partial charge < -0.3 is 4.98 Å². The molecule has 3 heteroatoms. The second kappa shape index (κ2) is 6.70. The third-order valence-electron chi connectivity index (χ3n) is 6.47. The van der Waals surface area contributed by atoms with Crippen molar-refractivity contribution in [1.82, 2.24) is 9.97 Å². The van der Waals surface area contributed by atoms with Crippen molar-refractivity contribution in [3.63, 3.8) is 0 Å². The maximum absolute atomic E-state index is 12.5. The molecule has 2 aromatic heterocycles. The Kier molecular flexibility index (Phi) is 4.43. The molecular weight excluding hydrogens is 296 g/mol. The number of H-pyrrole nitrogens is 1. The summed E-state index contributed by atoms with van der Waals surface area (Å²) in [6, 6.07) is 3.79. The fraction of sp³-hybridized carbons (Fsp3) is 0.619. The van der Waals surface area contributed by atoms with E-state index in [1.165, 1.54) is 57.1 Å². The zero-order chi connectivity index (χ0) is 16.5. The molecule has 0 radical (unpaired) electrons. The maximum atomic E-state index is 12.5. The number of hydrogen-bond donors (Lipinski definition) is 1. The Morgan fingerprint density at radius 2 is 1.96 bits per heavy atom. The molecule has 0 unspecified atom stereocenters. The van der Waals surface area contributed by atoms with E-state index >= 15 is 0 Å². The minimum Gasteiger partial charge on any atom is -0.358 e. The Bertz CT molecular complexity index is 760. The summed E-state index contributed by atoms with van der Waals surface area (Å²) in [5.74, 6) is 2.94. The molecule has 1 N–H and O–H groups in total. The smallest absolute Gasteiger partial charge is 0.191 e. The monoisotopic (exact) mass is 324 g/mol. The highest BCUT2D eigenvalue weighted by Crippen LogP contribution is 2.47. The molecule has 24 heavy (non-hydrogen) atoms. The number of nitrogens with zero attached hydrogens (tertiary/aromatic N) is 1. The van der Waals surface area contributed by atoms with Crippen LogP contribution in [0.3, 0.4) is 0 Å². The molecule has 2 aliphatic carbocycles. The first-order valence-corrected chi connectivity index (χ1v) is 9.69. The SMILES string of the molecule is C[C@@H]1CC[C@@H](c2cc(=O)c3cnccc3[nH]2)[C@H](C2CCCCC2)C1. The zero-order valence-corrected chi connectivity index (χ0v) is 14.6. The van der Waals surface area contributed by atoms with Gasteiger partial charge in [-0.2, -0.15) is 0 Å². The summed E-state index contributed by atoms with van der Waals surface area (Å²) in [6.45, 7) is 2.40. The van der Waals surface area contributed by atoms with Crippen molar-refractivity contribution in [3.05, 3.63) is 40.4 Å². The molecule has 2 aliphatic rings. The molecule has 2 fully saturated rings. The zero-order valence-electron chi connectivity index (χ0n) is 14.6. The summed E-state index contributed by atoms with van der Waals surface area (Å²) in [4.78, 5) is 20.2. The van der Waals surface area contributed by atoms with Gasteiger partial charge in [-0.3, -0.25) is 9.78 Å². The minimum absolute atomic E-state index is 0.118. The average Bonchev–Trinajstić information content (AvgIpc) is 2.62. The lowest BCUT2D eigenvalue weighted by Gasteiger charge is -2.41. The number of aromatic nitrogens is 2. The van der Waals surface area contributed by atoms with E-state index in [-0.39, 0.29) is 5.43 Å². The van der Waals surface area contributed by atoms with Crippen molar-refractivity contribution in [3.8, 4) is 0 Å². The van der Waals surface area contributed by atoms with Crippen LogP contribution in [-0.2, 0) is 0 Å². The van der Waals surface area contributed by atoms with Crippen LogP contribution in [0.4, 0.5) is 0 Å². The van der Waals surface area contributed by atoms with Crippen LogP contribution in [0, 0.1) is 17.8 Å². The number of aromatic amines is 1. The Labute approximate surface area is 143 Å². The van der Waals surface area contributed by atoms with E-state index in [4.69, 9.17) is 0 Å². The van der Waals surface area contributed by atoms with Gasteiger partial charge in [-0.1, -0.05) is 45.4 Å². The Morgan fingerprint density at radius 3 is 2.79 bits per heavy atom. The molecule has 2 aromatic rings. The first kappa shape index (κ1) is 15.9. The van der Waals surface area contributed by atoms with Gasteiger partial charge in [-0.05, 0) is 36.7 Å². The summed E-state index contributed by atoms with van der Waals surface area (Å²) in [7, 11) is 0. The largest absolute Gasteiger partial charge is 0.358 e. The van der Waals surface area contributed by atoms with Crippen molar-refractivity contribution in [1.29, 1.82) is 0 Å². The van der Waals surface area contributed by atoms with Gasteiger partial charge in [0.1, 0.15) is 0 Å². The van der Waals surface area contributed by atoms with Crippen LogP contribution < -0.4 is 5.43 Å². The van der Waals surface area contributed by atoms with Gasteiger partial charge in [0.15, 0.2) is 5.43 Å². The highest BCUT2D eigenvalue weighted by molar-refractivity contribution is 5.77. The van der Waals surface area contributed by atoms with Gasteiger partial charge in [0.25, 0.3) is 0 Å². The molecule has 2 heterocycles. The fourth-order valence-electron chi connectivity index (χ4n) is 5.20. The number of pyridine rings is 2. The van der Waals surface area contributed by atoms with Crippen molar-refractivity contribution >= 4 is 10.9 Å². The van der Waals surface area contributed by atoms with Gasteiger partial charge in [-0.15, -0.1) is 0 Å². The first-order valence-electron chi connectivity index (χ1n) is 9.69. The standard InChI is InChI=1S/C21H28N2O/c1-14-7-8-16(17(11-14)15-5-3-2-4-6-15)20-12-21(24)18-13-22-10-9-19(18)23-20/h9-10,12-17H,2-8,11H2,1H3,(H,23,24)/t14-,16-,17+/m1/s1. The first-order chi connectivity index (χ1) is 11.7. The van der Waals surface area contributed by atoms with E-state index in [2.05, 4.69) is 16.9 Å². The molecule has 0 saturated heterocycles. The van der Waals surface area contributed by atoms with Crippen LogP contribution in [0.5, 0.6) is 0 Å². The molecule has 0 aromatic carbocycles. The number of hydrogen-bond acceptors (Lipinski definition) is 2.